The number of piperidine rings is 1. The number of hydrogen-bond acceptors (Lipinski definition) is 2. The standard InChI is InChI=1S/C18H22F4N2O/c1-2-7-24-14-5-4-13(17(24)25)10-23(11-14)9-12-3-6-15(16(19)8-12)18(20,21)22/h3,6,8,13-14H,2,4-5,7,9-11H2,1H3/t13-,14+/m1/s1. The highest BCUT2D eigenvalue weighted by Gasteiger charge is 2.40. The number of halogens is 4. The summed E-state index contributed by atoms with van der Waals surface area (Å²) < 4.78 is 51.8. The van der Waals surface area contributed by atoms with Gasteiger partial charge in [0, 0.05) is 32.2 Å². The van der Waals surface area contributed by atoms with Crippen LogP contribution in [0.1, 0.15) is 37.3 Å². The molecule has 3 aliphatic rings. The van der Waals surface area contributed by atoms with E-state index in [-0.39, 0.29) is 17.9 Å². The Morgan fingerprint density at radius 1 is 1.20 bits per heavy atom. The quantitative estimate of drug-likeness (QED) is 0.767. The van der Waals surface area contributed by atoms with E-state index < -0.39 is 17.6 Å². The second-order valence-corrected chi connectivity index (χ2v) is 6.97. The minimum Gasteiger partial charge on any atom is -0.338 e. The molecule has 3 aliphatic heterocycles. The Kier molecular flexibility index (Phi) is 5.04. The lowest BCUT2D eigenvalue weighted by Crippen LogP contribution is -2.48. The molecule has 1 amide bonds. The van der Waals surface area contributed by atoms with Crippen molar-refractivity contribution in [3.63, 3.8) is 0 Å². The predicted octanol–water partition coefficient (Wildman–Crippen LogP) is 3.68. The van der Waals surface area contributed by atoms with Crippen LogP contribution in [-0.2, 0) is 17.5 Å². The lowest BCUT2D eigenvalue weighted by molar-refractivity contribution is -0.140. The van der Waals surface area contributed by atoms with Gasteiger partial charge in [0.25, 0.3) is 0 Å². The largest absolute Gasteiger partial charge is 0.419 e. The van der Waals surface area contributed by atoms with Crippen molar-refractivity contribution in [3.8, 4) is 0 Å². The summed E-state index contributed by atoms with van der Waals surface area (Å²) in [6.07, 6.45) is -1.98. The number of alkyl halides is 3. The van der Waals surface area contributed by atoms with Crippen LogP contribution < -0.4 is 0 Å². The summed E-state index contributed by atoms with van der Waals surface area (Å²) in [5.41, 5.74) is -0.738. The summed E-state index contributed by atoms with van der Waals surface area (Å²) >= 11 is 0. The number of fused-ring (bicyclic) bond motifs is 4. The first-order chi connectivity index (χ1) is 11.8. The van der Waals surface area contributed by atoms with Crippen molar-refractivity contribution in [2.75, 3.05) is 19.6 Å². The molecule has 4 rings (SSSR count). The summed E-state index contributed by atoms with van der Waals surface area (Å²) in [6, 6.07) is 3.22. The molecule has 0 aliphatic carbocycles. The molecule has 1 aromatic carbocycles. The Bertz CT molecular complexity index is 646. The minimum atomic E-state index is -4.68. The summed E-state index contributed by atoms with van der Waals surface area (Å²) in [7, 11) is 0. The third-order valence-electron chi connectivity index (χ3n) is 5.08. The summed E-state index contributed by atoms with van der Waals surface area (Å²) in [4.78, 5) is 16.5. The maximum absolute atomic E-state index is 13.8. The zero-order chi connectivity index (χ0) is 18.2. The third kappa shape index (κ3) is 3.81. The summed E-state index contributed by atoms with van der Waals surface area (Å²) in [5, 5.41) is 0. The molecule has 3 heterocycles. The van der Waals surface area contributed by atoms with Gasteiger partial charge < -0.3 is 4.90 Å². The van der Waals surface area contributed by atoms with Gasteiger partial charge >= 0.3 is 6.18 Å². The second kappa shape index (κ2) is 6.94. The number of carbonyl (C=O) groups is 1. The molecular weight excluding hydrogens is 336 g/mol. The van der Waals surface area contributed by atoms with E-state index in [2.05, 4.69) is 4.90 Å². The molecule has 138 valence electrons. The van der Waals surface area contributed by atoms with Crippen molar-refractivity contribution in [1.82, 2.24) is 9.80 Å². The number of nitrogens with zero attached hydrogens (tertiary/aromatic N) is 2. The zero-order valence-electron chi connectivity index (χ0n) is 14.2. The van der Waals surface area contributed by atoms with Gasteiger partial charge in [-0.05, 0) is 37.0 Å². The highest BCUT2D eigenvalue weighted by Crippen LogP contribution is 2.33. The number of benzene rings is 1. The number of carbonyl (C=O) groups excluding carboxylic acids is 1. The van der Waals surface area contributed by atoms with Crippen molar-refractivity contribution in [3.05, 3.63) is 35.1 Å². The SMILES string of the molecule is CCCN1C(=O)[C@@H]2CC[C@H]1CN(Cc1ccc(C(F)(F)F)c(F)c1)C2. The van der Waals surface area contributed by atoms with Crippen molar-refractivity contribution < 1.29 is 22.4 Å². The lowest BCUT2D eigenvalue weighted by atomic mass is 9.94. The fourth-order valence-corrected chi connectivity index (χ4v) is 3.94. The Balaban J connectivity index is 1.74. The summed E-state index contributed by atoms with van der Waals surface area (Å²) in [5.74, 6) is -1.13. The first kappa shape index (κ1) is 18.2. The van der Waals surface area contributed by atoms with Crippen LogP contribution in [0.15, 0.2) is 18.2 Å². The van der Waals surface area contributed by atoms with E-state index in [4.69, 9.17) is 0 Å². The molecule has 2 atom stereocenters. The van der Waals surface area contributed by atoms with Crippen LogP contribution in [0.2, 0.25) is 0 Å². The normalized spacial score (nSPS) is 24.7. The van der Waals surface area contributed by atoms with E-state index in [0.29, 0.717) is 25.2 Å². The van der Waals surface area contributed by atoms with Crippen molar-refractivity contribution in [2.24, 2.45) is 5.92 Å². The smallest absolute Gasteiger partial charge is 0.338 e. The average molecular weight is 358 g/mol. The molecular formula is C18H22F4N2O. The van der Waals surface area contributed by atoms with Crippen LogP contribution in [0.4, 0.5) is 17.6 Å². The molecule has 25 heavy (non-hydrogen) atoms. The molecule has 2 bridgehead atoms. The van der Waals surface area contributed by atoms with E-state index in [9.17, 15) is 22.4 Å². The van der Waals surface area contributed by atoms with Crippen molar-refractivity contribution in [1.29, 1.82) is 0 Å². The van der Waals surface area contributed by atoms with Crippen molar-refractivity contribution in [2.45, 2.75) is 44.9 Å². The van der Waals surface area contributed by atoms with Gasteiger partial charge in [-0.1, -0.05) is 13.0 Å². The van der Waals surface area contributed by atoms with Gasteiger partial charge in [0.1, 0.15) is 5.82 Å². The van der Waals surface area contributed by atoms with Gasteiger partial charge in [0.2, 0.25) is 5.91 Å². The van der Waals surface area contributed by atoms with Gasteiger partial charge in [-0.15, -0.1) is 0 Å². The molecule has 0 radical (unpaired) electrons. The lowest BCUT2D eigenvalue weighted by Gasteiger charge is -2.35. The van der Waals surface area contributed by atoms with Crippen LogP contribution in [-0.4, -0.2) is 41.4 Å². The fraction of sp³-hybridized carbons (Fsp3) is 0.611. The number of amides is 1. The van der Waals surface area contributed by atoms with Gasteiger partial charge in [-0.2, -0.15) is 13.2 Å². The van der Waals surface area contributed by atoms with E-state index >= 15 is 0 Å². The van der Waals surface area contributed by atoms with E-state index in [1.165, 1.54) is 6.07 Å². The number of rotatable bonds is 4. The maximum Gasteiger partial charge on any atom is 0.419 e. The average Bonchev–Trinajstić information content (AvgIpc) is 2.78. The number of hydrogen-bond donors (Lipinski definition) is 0. The fourth-order valence-electron chi connectivity index (χ4n) is 3.94. The molecule has 3 saturated heterocycles. The second-order valence-electron chi connectivity index (χ2n) is 6.97. The van der Waals surface area contributed by atoms with Crippen LogP contribution in [0.5, 0.6) is 0 Å². The monoisotopic (exact) mass is 358 g/mol. The van der Waals surface area contributed by atoms with Crippen LogP contribution in [0.3, 0.4) is 0 Å². The van der Waals surface area contributed by atoms with E-state index in [1.807, 2.05) is 11.8 Å². The molecule has 7 heteroatoms. The Morgan fingerprint density at radius 2 is 1.96 bits per heavy atom. The Hall–Kier alpha value is -1.63. The molecule has 0 aromatic heterocycles. The molecule has 3 fully saturated rings. The van der Waals surface area contributed by atoms with E-state index in [1.54, 1.807) is 0 Å². The molecule has 0 unspecified atom stereocenters. The molecule has 0 saturated carbocycles. The third-order valence-corrected chi connectivity index (χ3v) is 5.08. The van der Waals surface area contributed by atoms with Crippen LogP contribution in [0.25, 0.3) is 0 Å². The molecule has 0 N–H and O–H groups in total. The van der Waals surface area contributed by atoms with Gasteiger partial charge in [0.15, 0.2) is 0 Å². The van der Waals surface area contributed by atoms with Crippen molar-refractivity contribution >= 4 is 5.91 Å². The highest BCUT2D eigenvalue weighted by molar-refractivity contribution is 5.80. The highest BCUT2D eigenvalue weighted by atomic mass is 19.4. The van der Waals surface area contributed by atoms with Gasteiger partial charge in [-0.3, -0.25) is 9.69 Å². The van der Waals surface area contributed by atoms with Crippen LogP contribution >= 0.6 is 0 Å². The van der Waals surface area contributed by atoms with Crippen LogP contribution in [0, 0.1) is 11.7 Å². The molecule has 1 aromatic rings. The Labute approximate surface area is 144 Å². The van der Waals surface area contributed by atoms with Gasteiger partial charge in [0.05, 0.1) is 11.5 Å². The van der Waals surface area contributed by atoms with E-state index in [0.717, 1.165) is 37.9 Å². The topological polar surface area (TPSA) is 23.6 Å². The molecule has 0 spiro atoms. The van der Waals surface area contributed by atoms with Gasteiger partial charge in [-0.25, -0.2) is 4.39 Å². The minimum absolute atomic E-state index is 0.0652. The zero-order valence-corrected chi connectivity index (χ0v) is 14.2. The Morgan fingerprint density at radius 3 is 2.60 bits per heavy atom. The predicted molar refractivity (Wildman–Crippen MR) is 85.2 cm³/mol. The molecule has 3 nitrogen and oxygen atoms in total. The first-order valence-corrected chi connectivity index (χ1v) is 8.68. The first-order valence-electron chi connectivity index (χ1n) is 8.68. The summed E-state index contributed by atoms with van der Waals surface area (Å²) in [6.45, 7) is 4.40. The maximum atomic E-state index is 13.8.